The van der Waals surface area contributed by atoms with E-state index in [-0.39, 0.29) is 0 Å². The van der Waals surface area contributed by atoms with Gasteiger partial charge in [0.2, 0.25) is 23.8 Å². The number of nitrogens with two attached hydrogens (primary N) is 1. The van der Waals surface area contributed by atoms with Crippen molar-refractivity contribution >= 4 is 57.6 Å². The number of allylic oxidation sites excluding steroid dienone is 3. The Morgan fingerprint density at radius 1 is 1.02 bits per heavy atom. The van der Waals surface area contributed by atoms with Gasteiger partial charge in [-0.3, -0.25) is 9.78 Å². The van der Waals surface area contributed by atoms with Crippen LogP contribution in [-0.2, 0) is 19.6 Å². The molecule has 4 heterocycles. The van der Waals surface area contributed by atoms with Crippen molar-refractivity contribution in [3.63, 3.8) is 0 Å². The van der Waals surface area contributed by atoms with E-state index in [4.69, 9.17) is 28.0 Å². The number of imidazole rings is 2. The van der Waals surface area contributed by atoms with Gasteiger partial charge < -0.3 is 19.8 Å². The quantitative estimate of drug-likeness (QED) is 0.0652. The molecule has 0 spiro atoms. The molecule has 0 aliphatic carbocycles. The Hall–Kier alpha value is -5.16. The van der Waals surface area contributed by atoms with Crippen molar-refractivity contribution < 1.29 is 4.68 Å². The first-order chi connectivity index (χ1) is 20.8. The lowest BCUT2D eigenvalue weighted by Gasteiger charge is -2.13. The van der Waals surface area contributed by atoms with Crippen molar-refractivity contribution in [1.29, 1.82) is 0 Å². The van der Waals surface area contributed by atoms with Gasteiger partial charge in [-0.1, -0.05) is 60.4 Å². The number of fused-ring (bicyclic) bond motifs is 2. The maximum absolute atomic E-state index is 5.32. The number of benzene rings is 2. The normalized spacial score (nSPS) is 12.4. The first-order valence-corrected chi connectivity index (χ1v) is 14.5. The smallest absolute Gasteiger partial charge is 0.214 e. The Labute approximate surface area is 255 Å². The van der Waals surface area contributed by atoms with Crippen LogP contribution in [0.1, 0.15) is 25.1 Å². The molecule has 5 N–H and O–H groups in total. The number of H-pyrrole nitrogens is 1. The highest BCUT2D eigenvalue weighted by atomic mass is 32.1. The van der Waals surface area contributed by atoms with E-state index in [1.165, 1.54) is 5.56 Å². The lowest BCUT2D eigenvalue weighted by molar-refractivity contribution is -0.479. The topological polar surface area (TPSA) is 109 Å². The Morgan fingerprint density at radius 2 is 1.70 bits per heavy atom. The molecule has 0 atom stereocenters. The number of rotatable bonds is 10. The van der Waals surface area contributed by atoms with Crippen LogP contribution < -0.4 is 16.5 Å². The summed E-state index contributed by atoms with van der Waals surface area (Å²) in [4.78, 5) is 9.56. The van der Waals surface area contributed by atoms with E-state index >= 15 is 0 Å². The number of aromatic amines is 1. The number of nitrogens with zero attached hydrogens (tertiary/aromatic N) is 6. The number of nitrogens with one attached hydrogen (secondary N) is 3. The van der Waals surface area contributed by atoms with Gasteiger partial charge in [-0.25, -0.2) is 15.8 Å². The number of hydrogen-bond acceptors (Lipinski definition) is 6. The first kappa shape index (κ1) is 29.3. The summed E-state index contributed by atoms with van der Waals surface area (Å²) in [6.45, 7) is 16.2. The summed E-state index contributed by atoms with van der Waals surface area (Å²) in [5, 5.41) is 9.73. The zero-order chi connectivity index (χ0) is 30.5. The summed E-state index contributed by atoms with van der Waals surface area (Å²) in [5.41, 5.74) is 7.93. The molecule has 2 aromatic carbocycles. The zero-order valence-electron chi connectivity index (χ0n) is 24.7. The fourth-order valence-corrected chi connectivity index (χ4v) is 5.00. The highest BCUT2D eigenvalue weighted by molar-refractivity contribution is 7.71. The van der Waals surface area contributed by atoms with Crippen molar-refractivity contribution in [2.75, 3.05) is 10.6 Å². The van der Waals surface area contributed by atoms with Crippen LogP contribution in [0.2, 0.25) is 0 Å². The van der Waals surface area contributed by atoms with Crippen molar-refractivity contribution in [2.45, 2.75) is 40.4 Å². The molecule has 0 saturated carbocycles. The molecule has 1 aliphatic heterocycles. The molecule has 0 fully saturated rings. The van der Waals surface area contributed by atoms with Crippen LogP contribution in [-0.4, -0.2) is 39.3 Å². The summed E-state index contributed by atoms with van der Waals surface area (Å²) >= 11 is 5.32. The minimum absolute atomic E-state index is 0.638. The minimum Gasteiger partial charge on any atom is -0.333 e. The zero-order valence-corrected chi connectivity index (χ0v) is 25.5. The van der Waals surface area contributed by atoms with E-state index in [0.29, 0.717) is 17.7 Å². The summed E-state index contributed by atoms with van der Waals surface area (Å²) in [5.74, 6) is 6.72. The van der Waals surface area contributed by atoms with Crippen LogP contribution in [0.5, 0.6) is 0 Å². The SMILES string of the molecule is C=CNc1nc2cc(C)ccc2n1C/C=C/Cn1c(NC(=C)c2cc(=S)[nH]n2CC)nc2ccccc21.CC1=[N+](N)C=C1. The number of aromatic nitrogens is 6. The molecule has 43 heavy (non-hydrogen) atoms. The van der Waals surface area contributed by atoms with Crippen LogP contribution in [0.25, 0.3) is 27.8 Å². The van der Waals surface area contributed by atoms with Crippen LogP contribution in [0.4, 0.5) is 11.9 Å². The Morgan fingerprint density at radius 3 is 2.35 bits per heavy atom. The molecule has 6 rings (SSSR count). The van der Waals surface area contributed by atoms with Gasteiger partial charge in [-0.15, -0.1) is 0 Å². The lowest BCUT2D eigenvalue weighted by Crippen LogP contribution is -2.25. The van der Waals surface area contributed by atoms with Crippen molar-refractivity contribution in [1.82, 2.24) is 28.9 Å². The van der Waals surface area contributed by atoms with Gasteiger partial charge in [0, 0.05) is 32.6 Å². The van der Waals surface area contributed by atoms with E-state index in [1.807, 2.05) is 48.1 Å². The number of hydrogen-bond donors (Lipinski definition) is 4. The molecule has 3 aromatic heterocycles. The standard InChI is InChI=1S/C28H30N8S.C4H7N2/c1-5-29-27-32-22-17-19(3)13-14-24(22)34(27)15-9-10-16-35-23-12-8-7-11-21(23)31-28(35)30-20(4)25-18-26(37)33-36(25)6-2;1-4-2-3-6(4)5/h5,7-14,17-18H,1,4,6,15-16H2,2-3H3,(H,29,32)(H,30,31)(H,33,37);2-3H,5H2,1H3/q;+1/b10-9+;. The van der Waals surface area contributed by atoms with Crippen molar-refractivity contribution in [2.24, 2.45) is 5.84 Å². The fraction of sp³-hybridized carbons (Fsp3) is 0.188. The van der Waals surface area contributed by atoms with E-state index in [2.05, 4.69) is 88.3 Å². The second-order valence-electron chi connectivity index (χ2n) is 10.1. The molecule has 11 heteroatoms. The predicted octanol–water partition coefficient (Wildman–Crippen LogP) is 6.33. The summed E-state index contributed by atoms with van der Waals surface area (Å²) in [6, 6.07) is 16.3. The molecule has 0 radical (unpaired) electrons. The van der Waals surface area contributed by atoms with Gasteiger partial charge in [0.05, 0.1) is 39.5 Å². The highest BCUT2D eigenvalue weighted by Crippen LogP contribution is 2.24. The molecule has 0 amide bonds. The first-order valence-electron chi connectivity index (χ1n) is 14.1. The second kappa shape index (κ2) is 12.8. The van der Waals surface area contributed by atoms with E-state index in [1.54, 1.807) is 10.9 Å². The average Bonchev–Trinajstić information content (AvgIpc) is 3.66. The molecular weight excluding hydrogens is 556 g/mol. The van der Waals surface area contributed by atoms with Crippen LogP contribution in [0.3, 0.4) is 0 Å². The molecule has 0 saturated heterocycles. The van der Waals surface area contributed by atoms with Crippen molar-refractivity contribution in [3.05, 3.63) is 108 Å². The third-order valence-electron chi connectivity index (χ3n) is 7.11. The maximum atomic E-state index is 5.32. The molecule has 10 nitrogen and oxygen atoms in total. The molecule has 220 valence electrons. The fourth-order valence-electron chi connectivity index (χ4n) is 4.78. The van der Waals surface area contributed by atoms with Gasteiger partial charge in [-0.05, 0) is 49.9 Å². The predicted molar refractivity (Wildman–Crippen MR) is 179 cm³/mol. The van der Waals surface area contributed by atoms with E-state index in [0.717, 1.165) is 57.6 Å². The third kappa shape index (κ3) is 6.36. The molecule has 0 bridgehead atoms. The molecular formula is C32H37N10S+. The number of para-hydroxylation sites is 2. The monoisotopic (exact) mass is 593 g/mol. The summed E-state index contributed by atoms with van der Waals surface area (Å²) in [7, 11) is 0. The van der Waals surface area contributed by atoms with E-state index in [9.17, 15) is 0 Å². The summed E-state index contributed by atoms with van der Waals surface area (Å²) in [6.07, 6.45) is 9.71. The Kier molecular flexibility index (Phi) is 8.72. The third-order valence-corrected chi connectivity index (χ3v) is 7.32. The lowest BCUT2D eigenvalue weighted by atomic mass is 10.2. The largest absolute Gasteiger partial charge is 0.333 e. The van der Waals surface area contributed by atoms with Gasteiger partial charge >= 0.3 is 0 Å². The van der Waals surface area contributed by atoms with Gasteiger partial charge in [-0.2, -0.15) is 0 Å². The summed E-state index contributed by atoms with van der Waals surface area (Å²) < 4.78 is 8.51. The minimum atomic E-state index is 0.638. The molecule has 1 aliphatic rings. The Balaban J connectivity index is 0.000000548. The maximum Gasteiger partial charge on any atom is 0.214 e. The molecule has 0 unspecified atom stereocenters. The molecule has 5 aromatic rings. The van der Waals surface area contributed by atoms with Gasteiger partial charge in [0.25, 0.3) is 0 Å². The van der Waals surface area contributed by atoms with Crippen LogP contribution >= 0.6 is 12.2 Å². The van der Waals surface area contributed by atoms with Gasteiger partial charge in [0.15, 0.2) is 0 Å². The number of hydrazine groups is 1. The van der Waals surface area contributed by atoms with Crippen LogP contribution in [0.15, 0.2) is 92.3 Å². The highest BCUT2D eigenvalue weighted by Gasteiger charge is 2.14. The Bertz CT molecular complexity index is 1950. The number of hydrazone groups is 1. The number of anilines is 2. The van der Waals surface area contributed by atoms with Crippen LogP contribution in [0, 0.1) is 11.6 Å². The average molecular weight is 594 g/mol. The second-order valence-corrected chi connectivity index (χ2v) is 10.6. The number of aryl methyl sites for hydroxylation is 2. The van der Waals surface area contributed by atoms with Crippen molar-refractivity contribution in [3.8, 4) is 0 Å². The van der Waals surface area contributed by atoms with E-state index < -0.39 is 0 Å². The van der Waals surface area contributed by atoms with Gasteiger partial charge in [0.1, 0.15) is 4.64 Å².